The fraction of sp³-hybridized carbons (Fsp3) is 0.500. The van der Waals surface area contributed by atoms with E-state index in [9.17, 15) is 19.8 Å². The van der Waals surface area contributed by atoms with Crippen molar-refractivity contribution in [2.75, 3.05) is 6.54 Å². The lowest BCUT2D eigenvalue weighted by atomic mass is 9.95. The van der Waals surface area contributed by atoms with Crippen LogP contribution in [0, 0.1) is 17.8 Å². The Balaban J connectivity index is 1.91. The summed E-state index contributed by atoms with van der Waals surface area (Å²) >= 11 is 0. The van der Waals surface area contributed by atoms with Crippen LogP contribution in [0.5, 0.6) is 0 Å². The van der Waals surface area contributed by atoms with Gasteiger partial charge in [-0.1, -0.05) is 37.3 Å². The largest absolute Gasteiger partial charge is 0.481 e. The minimum atomic E-state index is -0.914. The molecule has 1 aromatic carbocycles. The van der Waals surface area contributed by atoms with Gasteiger partial charge < -0.3 is 15.5 Å². The first-order valence-electron chi connectivity index (χ1n) is 7.22. The van der Waals surface area contributed by atoms with E-state index in [2.05, 4.69) is 5.32 Å². The number of aliphatic hydroxyl groups is 1. The van der Waals surface area contributed by atoms with Gasteiger partial charge in [-0.05, 0) is 24.3 Å². The number of aliphatic hydroxyl groups excluding tert-OH is 1. The first-order valence-corrected chi connectivity index (χ1v) is 7.22. The number of aliphatic carboxylic acids is 1. The Morgan fingerprint density at radius 2 is 1.86 bits per heavy atom. The SMILES string of the molecule is CC1C[C@H](C(=O)NCC(O)c2ccccc2)[C@H](C(=O)O)C1. The fourth-order valence-corrected chi connectivity index (χ4v) is 2.98. The molecule has 1 aromatic rings. The third-order valence-corrected chi connectivity index (χ3v) is 4.11. The van der Waals surface area contributed by atoms with Crippen LogP contribution in [-0.2, 0) is 9.59 Å². The first kappa shape index (κ1) is 15.5. The highest BCUT2D eigenvalue weighted by Crippen LogP contribution is 2.36. The number of carboxylic acid groups (broad SMARTS) is 1. The third-order valence-electron chi connectivity index (χ3n) is 4.11. The van der Waals surface area contributed by atoms with Crippen LogP contribution in [0.15, 0.2) is 30.3 Å². The Hall–Kier alpha value is -1.88. The minimum absolute atomic E-state index is 0.0973. The van der Waals surface area contributed by atoms with Crippen LogP contribution < -0.4 is 5.32 Å². The number of amides is 1. The summed E-state index contributed by atoms with van der Waals surface area (Å²) in [6, 6.07) is 9.06. The lowest BCUT2D eigenvalue weighted by Crippen LogP contribution is -2.37. The van der Waals surface area contributed by atoms with Crippen LogP contribution in [0.3, 0.4) is 0 Å². The second-order valence-corrected chi connectivity index (χ2v) is 5.80. The molecule has 1 fully saturated rings. The van der Waals surface area contributed by atoms with Crippen LogP contribution in [0.1, 0.15) is 31.4 Å². The normalized spacial score (nSPS) is 26.3. The van der Waals surface area contributed by atoms with Crippen molar-refractivity contribution in [1.82, 2.24) is 5.32 Å². The van der Waals surface area contributed by atoms with Gasteiger partial charge in [0.2, 0.25) is 5.91 Å². The van der Waals surface area contributed by atoms with E-state index >= 15 is 0 Å². The zero-order valence-corrected chi connectivity index (χ0v) is 12.0. The Morgan fingerprint density at radius 3 is 2.48 bits per heavy atom. The topological polar surface area (TPSA) is 86.6 Å². The molecular formula is C16H21NO4. The van der Waals surface area contributed by atoms with Gasteiger partial charge in [0.15, 0.2) is 0 Å². The molecule has 1 aliphatic rings. The summed E-state index contributed by atoms with van der Waals surface area (Å²) in [5, 5.41) is 21.9. The second kappa shape index (κ2) is 6.72. The van der Waals surface area contributed by atoms with E-state index < -0.39 is 23.9 Å². The molecule has 4 atom stereocenters. The molecule has 21 heavy (non-hydrogen) atoms. The number of hydrogen-bond donors (Lipinski definition) is 3. The summed E-state index contributed by atoms with van der Waals surface area (Å²) < 4.78 is 0. The van der Waals surface area contributed by atoms with Crippen LogP contribution in [0.25, 0.3) is 0 Å². The number of nitrogens with one attached hydrogen (secondary N) is 1. The zero-order valence-electron chi connectivity index (χ0n) is 12.0. The van der Waals surface area contributed by atoms with Gasteiger partial charge in [-0.15, -0.1) is 0 Å². The molecule has 5 heteroatoms. The molecular weight excluding hydrogens is 270 g/mol. The van der Waals surface area contributed by atoms with E-state index in [0.29, 0.717) is 12.8 Å². The molecule has 2 unspecified atom stereocenters. The van der Waals surface area contributed by atoms with Crippen molar-refractivity contribution in [3.63, 3.8) is 0 Å². The van der Waals surface area contributed by atoms with Crippen molar-refractivity contribution < 1.29 is 19.8 Å². The second-order valence-electron chi connectivity index (χ2n) is 5.80. The quantitative estimate of drug-likeness (QED) is 0.769. The number of rotatable bonds is 5. The Kier molecular flexibility index (Phi) is 4.96. The summed E-state index contributed by atoms with van der Waals surface area (Å²) in [4.78, 5) is 23.3. The molecule has 0 spiro atoms. The first-order chi connectivity index (χ1) is 9.99. The summed E-state index contributed by atoms with van der Waals surface area (Å²) in [6.45, 7) is 2.06. The van der Waals surface area contributed by atoms with Crippen molar-refractivity contribution in [2.24, 2.45) is 17.8 Å². The maximum absolute atomic E-state index is 12.2. The van der Waals surface area contributed by atoms with Gasteiger partial charge in [-0.2, -0.15) is 0 Å². The standard InChI is InChI=1S/C16H21NO4/c1-10-7-12(13(8-10)16(20)21)15(19)17-9-14(18)11-5-3-2-4-6-11/h2-6,10,12-14,18H,7-9H2,1H3,(H,17,19)(H,20,21)/t10?,12-,13+,14?/m0/s1. The molecule has 1 amide bonds. The number of carbonyl (C=O) groups is 2. The fourth-order valence-electron chi connectivity index (χ4n) is 2.98. The van der Waals surface area contributed by atoms with Crippen LogP contribution >= 0.6 is 0 Å². The van der Waals surface area contributed by atoms with E-state index in [0.717, 1.165) is 5.56 Å². The summed E-state index contributed by atoms with van der Waals surface area (Å²) in [7, 11) is 0. The van der Waals surface area contributed by atoms with Gasteiger partial charge in [-0.25, -0.2) is 0 Å². The van der Waals surface area contributed by atoms with Gasteiger partial charge in [0.25, 0.3) is 0 Å². The predicted molar refractivity (Wildman–Crippen MR) is 77.4 cm³/mol. The van der Waals surface area contributed by atoms with E-state index in [-0.39, 0.29) is 18.4 Å². The van der Waals surface area contributed by atoms with E-state index in [1.165, 1.54) is 0 Å². The molecule has 0 radical (unpaired) electrons. The molecule has 0 bridgehead atoms. The van der Waals surface area contributed by atoms with Gasteiger partial charge in [-0.3, -0.25) is 9.59 Å². The van der Waals surface area contributed by atoms with Crippen molar-refractivity contribution in [1.29, 1.82) is 0 Å². The smallest absolute Gasteiger partial charge is 0.307 e. The van der Waals surface area contributed by atoms with Gasteiger partial charge in [0.05, 0.1) is 17.9 Å². The molecule has 0 aliphatic heterocycles. The number of carboxylic acids is 1. The van der Waals surface area contributed by atoms with Crippen LogP contribution in [-0.4, -0.2) is 28.6 Å². The maximum Gasteiger partial charge on any atom is 0.307 e. The number of benzene rings is 1. The maximum atomic E-state index is 12.2. The summed E-state index contributed by atoms with van der Waals surface area (Å²) in [5.41, 5.74) is 0.729. The Morgan fingerprint density at radius 1 is 1.24 bits per heavy atom. The molecule has 3 N–H and O–H groups in total. The van der Waals surface area contributed by atoms with Gasteiger partial charge in [0, 0.05) is 6.54 Å². The highest BCUT2D eigenvalue weighted by Gasteiger charge is 2.41. The monoisotopic (exact) mass is 291 g/mol. The Bertz CT molecular complexity index is 502. The van der Waals surface area contributed by atoms with Gasteiger partial charge in [0.1, 0.15) is 0 Å². The molecule has 0 aromatic heterocycles. The van der Waals surface area contributed by atoms with Crippen molar-refractivity contribution in [3.05, 3.63) is 35.9 Å². The molecule has 0 saturated heterocycles. The highest BCUT2D eigenvalue weighted by atomic mass is 16.4. The van der Waals surface area contributed by atoms with E-state index in [1.54, 1.807) is 12.1 Å². The third kappa shape index (κ3) is 3.82. The zero-order chi connectivity index (χ0) is 15.4. The summed E-state index contributed by atoms with van der Waals surface area (Å²) in [5.74, 6) is -2.07. The van der Waals surface area contributed by atoms with E-state index in [1.807, 2.05) is 25.1 Å². The highest BCUT2D eigenvalue weighted by molar-refractivity contribution is 5.85. The average molecular weight is 291 g/mol. The molecule has 0 heterocycles. The van der Waals surface area contributed by atoms with Crippen molar-refractivity contribution in [2.45, 2.75) is 25.9 Å². The molecule has 114 valence electrons. The van der Waals surface area contributed by atoms with E-state index in [4.69, 9.17) is 0 Å². The number of carbonyl (C=O) groups excluding carboxylic acids is 1. The molecule has 5 nitrogen and oxygen atoms in total. The molecule has 1 saturated carbocycles. The predicted octanol–water partition coefficient (Wildman–Crippen LogP) is 1.58. The lowest BCUT2D eigenvalue weighted by Gasteiger charge is -2.17. The lowest BCUT2D eigenvalue weighted by molar-refractivity contribution is -0.146. The van der Waals surface area contributed by atoms with Gasteiger partial charge >= 0.3 is 5.97 Å². The van der Waals surface area contributed by atoms with Crippen LogP contribution in [0.4, 0.5) is 0 Å². The van der Waals surface area contributed by atoms with Crippen LogP contribution in [0.2, 0.25) is 0 Å². The molecule has 2 rings (SSSR count). The van der Waals surface area contributed by atoms with Crippen molar-refractivity contribution in [3.8, 4) is 0 Å². The Labute approximate surface area is 124 Å². The number of hydrogen-bond acceptors (Lipinski definition) is 3. The van der Waals surface area contributed by atoms with Crippen molar-refractivity contribution >= 4 is 11.9 Å². The molecule has 1 aliphatic carbocycles. The minimum Gasteiger partial charge on any atom is -0.481 e. The summed E-state index contributed by atoms with van der Waals surface area (Å²) in [6.07, 6.45) is 0.344. The average Bonchev–Trinajstić information content (AvgIpc) is 2.87.